The fourth-order valence-electron chi connectivity index (χ4n) is 2.06. The summed E-state index contributed by atoms with van der Waals surface area (Å²) in [6.45, 7) is 5.47. The van der Waals surface area contributed by atoms with Crippen LogP contribution in [0, 0.1) is 0 Å². The zero-order valence-corrected chi connectivity index (χ0v) is 11.3. The lowest BCUT2D eigenvalue weighted by molar-refractivity contribution is -0.118. The number of anilines is 1. The van der Waals surface area contributed by atoms with Crippen LogP contribution in [0.25, 0.3) is 0 Å². The summed E-state index contributed by atoms with van der Waals surface area (Å²) in [7, 11) is 0. The average Bonchev–Trinajstić information content (AvgIpc) is 2.77. The number of hydrogen-bond donors (Lipinski definition) is 2. The normalized spacial score (nSPS) is 20.7. The van der Waals surface area contributed by atoms with E-state index in [0.29, 0.717) is 12.4 Å². The first-order chi connectivity index (χ1) is 9.04. The topological polar surface area (TPSA) is 91.5 Å². The molecule has 19 heavy (non-hydrogen) atoms. The van der Waals surface area contributed by atoms with Crippen LogP contribution in [-0.2, 0) is 4.79 Å². The second-order valence-electron chi connectivity index (χ2n) is 5.18. The number of nitrogens with one attached hydrogen (secondary N) is 1. The maximum absolute atomic E-state index is 11.8. The monoisotopic (exact) mass is 268 g/mol. The van der Waals surface area contributed by atoms with Gasteiger partial charge in [-0.1, -0.05) is 18.9 Å². The van der Waals surface area contributed by atoms with Crippen molar-refractivity contribution in [2.24, 2.45) is 0 Å². The number of aliphatic hydroxyl groups excluding tert-OH is 1. The van der Waals surface area contributed by atoms with E-state index in [1.165, 1.54) is 0 Å². The molecule has 2 N–H and O–H groups in total. The van der Waals surface area contributed by atoms with Crippen molar-refractivity contribution in [3.05, 3.63) is 5.89 Å². The van der Waals surface area contributed by atoms with E-state index in [0.717, 1.165) is 19.4 Å². The van der Waals surface area contributed by atoms with Gasteiger partial charge in [0.25, 0.3) is 0 Å². The average molecular weight is 268 g/mol. The molecule has 1 aromatic rings. The summed E-state index contributed by atoms with van der Waals surface area (Å²) in [6.07, 6.45) is 1.38. The second-order valence-corrected chi connectivity index (χ2v) is 5.18. The molecular weight excluding hydrogens is 248 g/mol. The molecule has 1 atom stereocenters. The Hall–Kier alpha value is -1.47. The number of piperidine rings is 1. The number of likely N-dealkylation sites (tertiary alicyclic amines) is 1. The molecule has 7 nitrogen and oxygen atoms in total. The summed E-state index contributed by atoms with van der Waals surface area (Å²) in [6, 6.07) is 0.131. The Bertz CT molecular complexity index is 432. The van der Waals surface area contributed by atoms with Crippen LogP contribution in [-0.4, -0.2) is 51.8 Å². The molecule has 2 rings (SSSR count). The summed E-state index contributed by atoms with van der Waals surface area (Å²) in [5, 5.41) is 19.7. The molecule has 0 aromatic carbocycles. The van der Waals surface area contributed by atoms with E-state index in [1.807, 2.05) is 18.7 Å². The molecule has 1 fully saturated rings. The smallest absolute Gasteiger partial charge is 0.322 e. The fourth-order valence-corrected chi connectivity index (χ4v) is 2.06. The Labute approximate surface area is 112 Å². The van der Waals surface area contributed by atoms with Crippen LogP contribution < -0.4 is 5.32 Å². The molecule has 1 amide bonds. The molecule has 1 saturated heterocycles. The second kappa shape index (κ2) is 6.12. The highest BCUT2D eigenvalue weighted by molar-refractivity contribution is 5.90. The quantitative estimate of drug-likeness (QED) is 0.830. The molecule has 0 spiro atoms. The van der Waals surface area contributed by atoms with Crippen LogP contribution in [0.5, 0.6) is 0 Å². The van der Waals surface area contributed by atoms with Crippen LogP contribution in [0.3, 0.4) is 0 Å². The standard InChI is InChI=1S/C12H20N4O3/c1-8(2)11-14-15-12(19-11)13-10(18)7-16-5-3-4-9(17)6-16/h8-9,17H,3-7H2,1-2H3,(H,13,15,18)/t9-/m0/s1. The molecule has 0 radical (unpaired) electrons. The van der Waals surface area contributed by atoms with Gasteiger partial charge in [-0.3, -0.25) is 15.0 Å². The van der Waals surface area contributed by atoms with Gasteiger partial charge in [0.05, 0.1) is 12.6 Å². The van der Waals surface area contributed by atoms with E-state index in [4.69, 9.17) is 4.42 Å². The van der Waals surface area contributed by atoms with Crippen LogP contribution >= 0.6 is 0 Å². The molecule has 106 valence electrons. The van der Waals surface area contributed by atoms with Crippen molar-refractivity contribution in [1.29, 1.82) is 0 Å². The number of aliphatic hydroxyl groups is 1. The van der Waals surface area contributed by atoms with Gasteiger partial charge in [-0.2, -0.15) is 0 Å². The van der Waals surface area contributed by atoms with Crippen molar-refractivity contribution in [1.82, 2.24) is 15.1 Å². The van der Waals surface area contributed by atoms with Crippen molar-refractivity contribution in [3.63, 3.8) is 0 Å². The number of carbonyl (C=O) groups is 1. The minimum absolute atomic E-state index is 0.131. The van der Waals surface area contributed by atoms with E-state index in [9.17, 15) is 9.90 Å². The van der Waals surface area contributed by atoms with Crippen LogP contribution in [0.15, 0.2) is 4.42 Å². The molecule has 0 bridgehead atoms. The number of carbonyl (C=O) groups excluding carboxylic acids is 1. The van der Waals surface area contributed by atoms with Gasteiger partial charge in [-0.25, -0.2) is 0 Å². The summed E-state index contributed by atoms with van der Waals surface area (Å²) in [4.78, 5) is 13.7. The summed E-state index contributed by atoms with van der Waals surface area (Å²) >= 11 is 0. The van der Waals surface area contributed by atoms with E-state index in [1.54, 1.807) is 0 Å². The Morgan fingerprint density at radius 2 is 2.37 bits per heavy atom. The largest absolute Gasteiger partial charge is 0.408 e. The molecular formula is C12H20N4O3. The molecule has 1 aliphatic heterocycles. The molecule has 2 heterocycles. The SMILES string of the molecule is CC(C)c1nnc(NC(=O)CN2CCC[C@H](O)C2)o1. The maximum atomic E-state index is 11.8. The van der Waals surface area contributed by atoms with E-state index in [2.05, 4.69) is 15.5 Å². The molecule has 0 unspecified atom stereocenters. The van der Waals surface area contributed by atoms with Crippen molar-refractivity contribution in [3.8, 4) is 0 Å². The third-order valence-corrected chi connectivity index (χ3v) is 3.03. The number of hydrogen-bond acceptors (Lipinski definition) is 6. The lowest BCUT2D eigenvalue weighted by Gasteiger charge is -2.28. The van der Waals surface area contributed by atoms with Crippen molar-refractivity contribution < 1.29 is 14.3 Å². The number of β-amino-alcohol motifs (C(OH)–C–C–N with tert-alkyl or cyclic N) is 1. The zero-order valence-electron chi connectivity index (χ0n) is 11.3. The van der Waals surface area contributed by atoms with Gasteiger partial charge in [-0.15, -0.1) is 5.10 Å². The third kappa shape index (κ3) is 4.00. The fraction of sp³-hybridized carbons (Fsp3) is 0.750. The molecule has 1 aromatic heterocycles. The number of aromatic nitrogens is 2. The van der Waals surface area contributed by atoms with E-state index < -0.39 is 0 Å². The third-order valence-electron chi connectivity index (χ3n) is 3.03. The van der Waals surface area contributed by atoms with Crippen molar-refractivity contribution >= 4 is 11.9 Å². The predicted molar refractivity (Wildman–Crippen MR) is 68.7 cm³/mol. The highest BCUT2D eigenvalue weighted by atomic mass is 16.4. The summed E-state index contributed by atoms with van der Waals surface area (Å²) < 4.78 is 5.30. The molecule has 0 aliphatic carbocycles. The number of nitrogens with zero attached hydrogens (tertiary/aromatic N) is 3. The highest BCUT2D eigenvalue weighted by Gasteiger charge is 2.20. The first kappa shape index (κ1) is 14.0. The minimum atomic E-state index is -0.336. The Morgan fingerprint density at radius 1 is 1.58 bits per heavy atom. The summed E-state index contributed by atoms with van der Waals surface area (Å²) in [5.41, 5.74) is 0. The van der Waals surface area contributed by atoms with Crippen LogP contribution in [0.1, 0.15) is 38.5 Å². The van der Waals surface area contributed by atoms with Gasteiger partial charge < -0.3 is 9.52 Å². The molecule has 7 heteroatoms. The van der Waals surface area contributed by atoms with Gasteiger partial charge >= 0.3 is 6.01 Å². The minimum Gasteiger partial charge on any atom is -0.408 e. The van der Waals surface area contributed by atoms with Gasteiger partial charge in [0.2, 0.25) is 11.8 Å². The Morgan fingerprint density at radius 3 is 3.00 bits per heavy atom. The zero-order chi connectivity index (χ0) is 13.8. The predicted octanol–water partition coefficient (Wildman–Crippen LogP) is 0.588. The Kier molecular flexibility index (Phi) is 4.49. The molecule has 0 saturated carbocycles. The van der Waals surface area contributed by atoms with E-state index >= 15 is 0 Å². The van der Waals surface area contributed by atoms with Gasteiger partial charge in [0, 0.05) is 12.5 Å². The first-order valence-electron chi connectivity index (χ1n) is 6.58. The lowest BCUT2D eigenvalue weighted by atomic mass is 10.1. The van der Waals surface area contributed by atoms with Crippen LogP contribution in [0.4, 0.5) is 6.01 Å². The number of rotatable bonds is 4. The Balaban J connectivity index is 1.83. The van der Waals surface area contributed by atoms with Crippen molar-refractivity contribution in [2.45, 2.75) is 38.7 Å². The summed E-state index contributed by atoms with van der Waals surface area (Å²) in [5.74, 6) is 0.437. The van der Waals surface area contributed by atoms with Crippen molar-refractivity contribution in [2.75, 3.05) is 25.0 Å². The van der Waals surface area contributed by atoms with Gasteiger partial charge in [0.15, 0.2) is 0 Å². The first-order valence-corrected chi connectivity index (χ1v) is 6.58. The number of amides is 1. The van der Waals surface area contributed by atoms with Crippen LogP contribution in [0.2, 0.25) is 0 Å². The maximum Gasteiger partial charge on any atom is 0.322 e. The lowest BCUT2D eigenvalue weighted by Crippen LogP contribution is -2.42. The van der Waals surface area contributed by atoms with Gasteiger partial charge in [0.1, 0.15) is 0 Å². The molecule has 1 aliphatic rings. The van der Waals surface area contributed by atoms with E-state index in [-0.39, 0.29) is 30.5 Å². The van der Waals surface area contributed by atoms with Gasteiger partial charge in [-0.05, 0) is 19.4 Å². The highest BCUT2D eigenvalue weighted by Crippen LogP contribution is 2.15.